The summed E-state index contributed by atoms with van der Waals surface area (Å²) in [5.74, 6) is -2.68. The fourth-order valence-electron chi connectivity index (χ4n) is 3.48. The fourth-order valence-corrected chi connectivity index (χ4v) is 6.76. The van der Waals surface area contributed by atoms with E-state index in [1.807, 2.05) is 0 Å². The summed E-state index contributed by atoms with van der Waals surface area (Å²) in [6.45, 7) is 4.78. The molecule has 1 aromatic carbocycles. The van der Waals surface area contributed by atoms with Crippen LogP contribution in [0.4, 0.5) is 4.39 Å². The number of likely N-dealkylation sites (N-methyl/N-ethyl adjacent to an activating group) is 1. The summed E-state index contributed by atoms with van der Waals surface area (Å²) in [7, 11) is -7.33. The molecule has 1 fully saturated rings. The van der Waals surface area contributed by atoms with Gasteiger partial charge < -0.3 is 9.64 Å². The van der Waals surface area contributed by atoms with Crippen molar-refractivity contribution in [1.82, 2.24) is 9.21 Å². The van der Waals surface area contributed by atoms with Crippen molar-refractivity contribution in [3.8, 4) is 0 Å². The number of carbonyl (C=O) groups excluding carboxylic acids is 2. The predicted octanol–water partition coefficient (Wildman–Crippen LogP) is 1.05. The van der Waals surface area contributed by atoms with E-state index in [9.17, 15) is 30.8 Å². The molecule has 1 amide bonds. The van der Waals surface area contributed by atoms with E-state index in [0.29, 0.717) is 6.42 Å². The van der Waals surface area contributed by atoms with Crippen molar-refractivity contribution in [2.24, 2.45) is 0 Å². The Morgan fingerprint density at radius 1 is 1.16 bits per heavy atom. The van der Waals surface area contributed by atoms with Crippen LogP contribution in [0, 0.1) is 5.82 Å². The van der Waals surface area contributed by atoms with Crippen LogP contribution in [0.15, 0.2) is 23.1 Å². The molecule has 1 unspecified atom stereocenters. The van der Waals surface area contributed by atoms with Crippen LogP contribution in [-0.2, 0) is 29.4 Å². The number of sulfonamides is 1. The number of hydrogen-bond donors (Lipinski definition) is 0. The van der Waals surface area contributed by atoms with Gasteiger partial charge in [0.2, 0.25) is 10.0 Å². The molecule has 0 saturated carbocycles. The Morgan fingerprint density at radius 2 is 1.81 bits per heavy atom. The lowest BCUT2D eigenvalue weighted by molar-refractivity contribution is -0.136. The minimum absolute atomic E-state index is 0.000598. The van der Waals surface area contributed by atoms with E-state index in [4.69, 9.17) is 4.74 Å². The maximum absolute atomic E-state index is 14.2. The lowest BCUT2D eigenvalue weighted by Crippen LogP contribution is -2.43. The Morgan fingerprint density at radius 3 is 2.32 bits per heavy atom. The molecular weight excluding hydrogens is 451 g/mol. The number of esters is 1. The lowest BCUT2D eigenvalue weighted by atomic mass is 10.2. The maximum atomic E-state index is 14.2. The second-order valence-corrected chi connectivity index (χ2v) is 11.2. The van der Waals surface area contributed by atoms with Crippen LogP contribution in [0.25, 0.3) is 0 Å². The number of ether oxygens (including phenoxy) is 1. The van der Waals surface area contributed by atoms with Crippen molar-refractivity contribution in [3.63, 3.8) is 0 Å². The Hall–Kier alpha value is -2.05. The van der Waals surface area contributed by atoms with Gasteiger partial charge in [0.15, 0.2) is 16.4 Å². The summed E-state index contributed by atoms with van der Waals surface area (Å²) in [4.78, 5) is 25.5. The molecule has 174 valence electrons. The highest BCUT2D eigenvalue weighted by Crippen LogP contribution is 2.22. The van der Waals surface area contributed by atoms with Gasteiger partial charge in [-0.05, 0) is 31.5 Å². The monoisotopic (exact) mass is 478 g/mol. The Bertz CT molecular complexity index is 1040. The van der Waals surface area contributed by atoms with Gasteiger partial charge in [-0.15, -0.1) is 0 Å². The first-order valence-electron chi connectivity index (χ1n) is 9.93. The van der Waals surface area contributed by atoms with Gasteiger partial charge in [0.1, 0.15) is 10.7 Å². The van der Waals surface area contributed by atoms with E-state index in [1.54, 1.807) is 20.8 Å². The molecule has 12 heteroatoms. The molecule has 0 aromatic heterocycles. The summed E-state index contributed by atoms with van der Waals surface area (Å²) in [6.07, 6.45) is 0.320. The quantitative estimate of drug-likeness (QED) is 0.487. The van der Waals surface area contributed by atoms with E-state index < -0.39 is 55.1 Å². The summed E-state index contributed by atoms with van der Waals surface area (Å²) >= 11 is 0. The van der Waals surface area contributed by atoms with Crippen molar-refractivity contribution >= 4 is 31.7 Å². The topological polar surface area (TPSA) is 118 Å². The van der Waals surface area contributed by atoms with Crippen molar-refractivity contribution in [2.45, 2.75) is 38.1 Å². The molecule has 1 aliphatic heterocycles. The molecule has 1 aliphatic rings. The molecule has 0 aliphatic carbocycles. The molecule has 0 bridgehead atoms. The zero-order chi connectivity index (χ0) is 23.4. The highest BCUT2D eigenvalue weighted by atomic mass is 32.2. The predicted molar refractivity (Wildman–Crippen MR) is 111 cm³/mol. The van der Waals surface area contributed by atoms with E-state index in [-0.39, 0.29) is 36.7 Å². The van der Waals surface area contributed by atoms with Crippen molar-refractivity contribution in [2.75, 3.05) is 37.7 Å². The van der Waals surface area contributed by atoms with E-state index >= 15 is 0 Å². The molecule has 1 aromatic rings. The standard InChI is InChI=1S/C19H27FN2O7S2/c1-4-21(5-2)31(27,28)17-11-14(7-8-16(17)20)19(24)29-12-18(23)22(6-3)15-9-10-30(25,26)13-15/h7-8,11,15H,4-6,9-10,12-13H2,1-3H3. The Labute approximate surface area is 182 Å². The van der Waals surface area contributed by atoms with Gasteiger partial charge in [0.05, 0.1) is 17.1 Å². The number of carbonyl (C=O) groups is 2. The highest BCUT2D eigenvalue weighted by Gasteiger charge is 2.34. The number of sulfone groups is 1. The molecule has 9 nitrogen and oxygen atoms in total. The van der Waals surface area contributed by atoms with Gasteiger partial charge in [-0.2, -0.15) is 4.31 Å². The Balaban J connectivity index is 2.13. The number of benzene rings is 1. The van der Waals surface area contributed by atoms with Gasteiger partial charge in [-0.1, -0.05) is 13.8 Å². The molecule has 31 heavy (non-hydrogen) atoms. The van der Waals surface area contributed by atoms with Crippen molar-refractivity contribution in [1.29, 1.82) is 0 Å². The molecular formula is C19H27FN2O7S2. The second-order valence-electron chi connectivity index (χ2n) is 7.05. The van der Waals surface area contributed by atoms with Crippen LogP contribution in [0.2, 0.25) is 0 Å². The van der Waals surface area contributed by atoms with Crippen molar-refractivity contribution in [3.05, 3.63) is 29.6 Å². The first-order chi connectivity index (χ1) is 14.5. The number of halogens is 1. The molecule has 2 rings (SSSR count). The minimum Gasteiger partial charge on any atom is -0.452 e. The third-order valence-corrected chi connectivity index (χ3v) is 8.94. The van der Waals surface area contributed by atoms with Crippen LogP contribution in [0.1, 0.15) is 37.6 Å². The van der Waals surface area contributed by atoms with Gasteiger partial charge >= 0.3 is 5.97 Å². The van der Waals surface area contributed by atoms with E-state index in [2.05, 4.69) is 0 Å². The van der Waals surface area contributed by atoms with Gasteiger partial charge in [0, 0.05) is 25.7 Å². The van der Waals surface area contributed by atoms with Crippen LogP contribution in [0.5, 0.6) is 0 Å². The third kappa shape index (κ3) is 5.80. The molecule has 1 saturated heterocycles. The summed E-state index contributed by atoms with van der Waals surface area (Å²) in [5.41, 5.74) is -0.216. The van der Waals surface area contributed by atoms with E-state index in [1.165, 1.54) is 4.90 Å². The second kappa shape index (κ2) is 10.0. The zero-order valence-electron chi connectivity index (χ0n) is 17.7. The Kier molecular flexibility index (Phi) is 8.17. The van der Waals surface area contributed by atoms with Crippen LogP contribution >= 0.6 is 0 Å². The normalized spacial score (nSPS) is 18.2. The first kappa shape index (κ1) is 25.2. The highest BCUT2D eigenvalue weighted by molar-refractivity contribution is 7.91. The van der Waals surface area contributed by atoms with E-state index in [0.717, 1.165) is 22.5 Å². The maximum Gasteiger partial charge on any atom is 0.338 e. The fraction of sp³-hybridized carbons (Fsp3) is 0.579. The number of nitrogens with zero attached hydrogens (tertiary/aromatic N) is 2. The average molecular weight is 479 g/mol. The van der Waals surface area contributed by atoms with Crippen LogP contribution in [0.3, 0.4) is 0 Å². The molecule has 1 heterocycles. The summed E-state index contributed by atoms with van der Waals surface area (Å²) in [6, 6.07) is 2.34. The summed E-state index contributed by atoms with van der Waals surface area (Å²) in [5, 5.41) is 0. The number of hydrogen-bond acceptors (Lipinski definition) is 7. The molecule has 0 N–H and O–H groups in total. The third-order valence-electron chi connectivity index (χ3n) is 5.13. The molecule has 0 spiro atoms. The number of amides is 1. The van der Waals surface area contributed by atoms with Crippen molar-refractivity contribution < 1.29 is 35.6 Å². The first-order valence-corrected chi connectivity index (χ1v) is 13.2. The average Bonchev–Trinajstić information content (AvgIpc) is 3.06. The van der Waals surface area contributed by atoms with Gasteiger partial charge in [-0.3, -0.25) is 4.79 Å². The zero-order valence-corrected chi connectivity index (χ0v) is 19.3. The molecule has 1 atom stereocenters. The molecule has 0 radical (unpaired) electrons. The summed E-state index contributed by atoms with van der Waals surface area (Å²) < 4.78 is 68.8. The van der Waals surface area contributed by atoms with Gasteiger partial charge in [0.25, 0.3) is 5.91 Å². The largest absolute Gasteiger partial charge is 0.452 e. The lowest BCUT2D eigenvalue weighted by Gasteiger charge is -2.26. The van der Waals surface area contributed by atoms with Gasteiger partial charge in [-0.25, -0.2) is 26.0 Å². The minimum atomic E-state index is -4.14. The van der Waals surface area contributed by atoms with Crippen LogP contribution < -0.4 is 0 Å². The SMILES string of the molecule is CCN(C(=O)COC(=O)c1ccc(F)c(S(=O)(=O)N(CC)CC)c1)C1CCS(=O)(=O)C1. The number of rotatable bonds is 9. The smallest absolute Gasteiger partial charge is 0.338 e. The van der Waals surface area contributed by atoms with Crippen LogP contribution in [-0.4, -0.2) is 81.7 Å².